The number of nitriles is 1. The molecule has 1 aliphatic rings. The fourth-order valence-electron chi connectivity index (χ4n) is 5.00. The average molecular weight is 610 g/mol. The summed E-state index contributed by atoms with van der Waals surface area (Å²) in [5.74, 6) is -2.40. The van der Waals surface area contributed by atoms with Crippen LogP contribution in [0.5, 0.6) is 0 Å². The van der Waals surface area contributed by atoms with Gasteiger partial charge in [0.05, 0.1) is 16.7 Å². The lowest BCUT2D eigenvalue weighted by Gasteiger charge is -2.34. The minimum atomic E-state index is -1.79. The molecule has 1 fully saturated rings. The van der Waals surface area contributed by atoms with Crippen LogP contribution in [0.3, 0.4) is 0 Å². The van der Waals surface area contributed by atoms with Crippen LogP contribution in [-0.2, 0) is 18.9 Å². The van der Waals surface area contributed by atoms with Gasteiger partial charge in [-0.15, -0.1) is 0 Å². The Labute approximate surface area is 259 Å². The van der Waals surface area contributed by atoms with Gasteiger partial charge >= 0.3 is 17.9 Å². The molecule has 5 rings (SSSR count). The number of rotatable bonds is 8. The second-order valence-electron chi connectivity index (χ2n) is 11.1. The van der Waals surface area contributed by atoms with Crippen LogP contribution < -0.4 is 5.73 Å². The predicted molar refractivity (Wildman–Crippen MR) is 160 cm³/mol. The number of carbonyl (C=O) groups is 3. The largest absolute Gasteiger partial charge is 0.459 e. The van der Waals surface area contributed by atoms with E-state index >= 15 is 0 Å². The monoisotopic (exact) mass is 609 g/mol. The number of benzene rings is 3. The maximum Gasteiger partial charge on any atom is 0.338 e. The van der Waals surface area contributed by atoms with Crippen LogP contribution in [0.1, 0.15) is 72.2 Å². The molecule has 1 saturated heterocycles. The van der Waals surface area contributed by atoms with Crippen molar-refractivity contribution in [2.75, 3.05) is 12.3 Å². The van der Waals surface area contributed by atoms with Crippen LogP contribution in [0.25, 0.3) is 0 Å². The fraction of sp³-hybridized carbons (Fsp3) is 0.265. The van der Waals surface area contributed by atoms with Gasteiger partial charge in [-0.3, -0.25) is 0 Å². The van der Waals surface area contributed by atoms with E-state index in [2.05, 4.69) is 5.16 Å². The summed E-state index contributed by atoms with van der Waals surface area (Å²) in [6, 6.07) is 22.0. The van der Waals surface area contributed by atoms with Gasteiger partial charge in [0, 0.05) is 0 Å². The predicted octanol–water partition coefficient (Wildman–Crippen LogP) is 5.19. The van der Waals surface area contributed by atoms with Crippen molar-refractivity contribution in [3.8, 4) is 6.07 Å². The number of nitrogens with zero attached hydrogens (tertiary/aromatic N) is 2. The van der Waals surface area contributed by atoms with Crippen LogP contribution in [-0.4, -0.2) is 47.5 Å². The number of ether oxygens (including phenoxy) is 4. The van der Waals surface area contributed by atoms with Crippen molar-refractivity contribution >= 4 is 23.6 Å². The summed E-state index contributed by atoms with van der Waals surface area (Å²) in [6.07, 6.45) is -3.79. The second kappa shape index (κ2) is 12.6. The summed E-state index contributed by atoms with van der Waals surface area (Å²) in [4.78, 5) is 39.9. The van der Waals surface area contributed by atoms with Crippen molar-refractivity contribution in [2.24, 2.45) is 0 Å². The highest BCUT2D eigenvalue weighted by atomic mass is 16.7. The van der Waals surface area contributed by atoms with Crippen LogP contribution >= 0.6 is 0 Å². The molecule has 2 unspecified atom stereocenters. The zero-order valence-corrected chi connectivity index (χ0v) is 25.1. The zero-order chi connectivity index (χ0) is 32.3. The van der Waals surface area contributed by atoms with E-state index in [9.17, 15) is 19.6 Å². The standard InChI is InChI=1S/C34H31N3O8/c1-19-5-11-22(12-6-19)31(38)41-18-26-29(43-32(39)23-13-7-20(2)8-14-23)34(4,44-33(40)24-15-9-21(3)10-16-24)30(42-26)28-27(36)25(17-35)45-37-28/h5-16,26,29-30H,18,36H2,1-4H3/t26?,29-,30?,34-/m1/s1. The van der Waals surface area contributed by atoms with Gasteiger partial charge in [-0.25, -0.2) is 14.4 Å². The third-order valence-corrected chi connectivity index (χ3v) is 7.63. The molecule has 0 aliphatic carbocycles. The van der Waals surface area contributed by atoms with E-state index in [-0.39, 0.29) is 28.3 Å². The van der Waals surface area contributed by atoms with E-state index in [1.807, 2.05) is 26.8 Å². The molecule has 230 valence electrons. The SMILES string of the molecule is Cc1ccc(C(=O)OCC2OC(c3noc(C#N)c3N)[C@](C)(OC(=O)c3ccc(C)cc3)[C@@H]2OC(=O)c2ccc(C)cc2)cc1. The molecule has 1 aliphatic heterocycles. The lowest BCUT2D eigenvalue weighted by Crippen LogP contribution is -2.49. The second-order valence-corrected chi connectivity index (χ2v) is 11.1. The highest BCUT2D eigenvalue weighted by molar-refractivity contribution is 5.91. The molecular formula is C34H31N3O8. The summed E-state index contributed by atoms with van der Waals surface area (Å²) < 4.78 is 29.1. The van der Waals surface area contributed by atoms with Gasteiger partial charge in [-0.1, -0.05) is 58.2 Å². The number of hydrogen-bond acceptors (Lipinski definition) is 11. The Balaban J connectivity index is 1.54. The Morgan fingerprint density at radius 3 is 1.82 bits per heavy atom. The Bertz CT molecular complexity index is 1760. The van der Waals surface area contributed by atoms with Crippen molar-refractivity contribution in [3.63, 3.8) is 0 Å². The Morgan fingerprint density at radius 1 is 0.844 bits per heavy atom. The highest BCUT2D eigenvalue weighted by Gasteiger charge is 2.61. The molecule has 4 atom stereocenters. The maximum absolute atomic E-state index is 13.5. The number of anilines is 1. The van der Waals surface area contributed by atoms with Crippen molar-refractivity contribution in [1.29, 1.82) is 5.26 Å². The van der Waals surface area contributed by atoms with Gasteiger partial charge in [0.1, 0.15) is 36.3 Å². The van der Waals surface area contributed by atoms with Crippen molar-refractivity contribution in [3.05, 3.63) is 118 Å². The normalized spacial score (nSPS) is 20.6. The summed E-state index contributed by atoms with van der Waals surface area (Å²) in [6.45, 7) is 6.75. The number of nitrogen functional groups attached to an aromatic ring is 1. The molecule has 0 amide bonds. The molecule has 0 spiro atoms. The first-order valence-electron chi connectivity index (χ1n) is 14.1. The van der Waals surface area contributed by atoms with Gasteiger partial charge in [0.25, 0.3) is 5.76 Å². The average Bonchev–Trinajstić information content (AvgIpc) is 3.52. The minimum Gasteiger partial charge on any atom is -0.459 e. The van der Waals surface area contributed by atoms with E-state index in [0.717, 1.165) is 16.7 Å². The Kier molecular flexibility index (Phi) is 8.70. The molecule has 3 aromatic carbocycles. The van der Waals surface area contributed by atoms with Crippen molar-refractivity contribution in [1.82, 2.24) is 5.16 Å². The van der Waals surface area contributed by atoms with E-state index in [0.29, 0.717) is 5.56 Å². The fourth-order valence-corrected chi connectivity index (χ4v) is 5.00. The Hall–Kier alpha value is -5.47. The quantitative estimate of drug-likeness (QED) is 0.206. The molecule has 11 nitrogen and oxygen atoms in total. The number of carbonyl (C=O) groups excluding carboxylic acids is 3. The van der Waals surface area contributed by atoms with Crippen LogP contribution in [0.2, 0.25) is 0 Å². The minimum absolute atomic E-state index is 0.0468. The van der Waals surface area contributed by atoms with Crippen LogP contribution in [0.15, 0.2) is 77.3 Å². The van der Waals surface area contributed by atoms with E-state index in [1.165, 1.54) is 6.92 Å². The highest BCUT2D eigenvalue weighted by Crippen LogP contribution is 2.48. The molecule has 0 radical (unpaired) electrons. The van der Waals surface area contributed by atoms with E-state index in [4.69, 9.17) is 29.2 Å². The molecule has 0 bridgehead atoms. The van der Waals surface area contributed by atoms with Gasteiger partial charge < -0.3 is 29.2 Å². The van der Waals surface area contributed by atoms with Gasteiger partial charge in [-0.2, -0.15) is 5.26 Å². The van der Waals surface area contributed by atoms with Crippen LogP contribution in [0, 0.1) is 32.1 Å². The van der Waals surface area contributed by atoms with Gasteiger partial charge in [-0.05, 0) is 64.1 Å². The number of hydrogen-bond donors (Lipinski definition) is 1. The maximum atomic E-state index is 13.5. The number of aryl methyl sites for hydroxylation is 3. The molecule has 4 aromatic rings. The number of nitrogens with two attached hydrogens (primary N) is 1. The molecule has 2 heterocycles. The van der Waals surface area contributed by atoms with E-state index < -0.39 is 48.4 Å². The molecular weight excluding hydrogens is 578 g/mol. The summed E-state index contributed by atoms with van der Waals surface area (Å²) in [7, 11) is 0. The third kappa shape index (κ3) is 6.41. The molecule has 1 aromatic heterocycles. The van der Waals surface area contributed by atoms with E-state index in [1.54, 1.807) is 72.8 Å². The lowest BCUT2D eigenvalue weighted by atomic mass is 9.89. The third-order valence-electron chi connectivity index (χ3n) is 7.63. The van der Waals surface area contributed by atoms with Crippen LogP contribution in [0.4, 0.5) is 5.69 Å². The lowest BCUT2D eigenvalue weighted by molar-refractivity contribution is -0.0899. The first-order valence-corrected chi connectivity index (χ1v) is 14.1. The summed E-state index contributed by atoms with van der Waals surface area (Å²) >= 11 is 0. The summed E-state index contributed by atoms with van der Waals surface area (Å²) in [5.41, 5.74) is 7.80. The molecule has 0 saturated carbocycles. The zero-order valence-electron chi connectivity index (χ0n) is 25.1. The first-order chi connectivity index (χ1) is 21.5. The number of esters is 3. The molecule has 2 N–H and O–H groups in total. The summed E-state index contributed by atoms with van der Waals surface area (Å²) in [5, 5.41) is 13.4. The molecule has 45 heavy (non-hydrogen) atoms. The number of aromatic nitrogens is 1. The van der Waals surface area contributed by atoms with Gasteiger partial charge in [0.2, 0.25) is 0 Å². The smallest absolute Gasteiger partial charge is 0.338 e. The van der Waals surface area contributed by atoms with Gasteiger partial charge in [0.15, 0.2) is 11.7 Å². The topological polar surface area (TPSA) is 164 Å². The Morgan fingerprint density at radius 2 is 1.33 bits per heavy atom. The van der Waals surface area contributed by atoms with Crippen molar-refractivity contribution < 1.29 is 37.9 Å². The first kappa shape index (κ1) is 31.0. The van der Waals surface area contributed by atoms with Crippen molar-refractivity contribution in [2.45, 2.75) is 51.6 Å². The molecule has 11 heteroatoms.